The van der Waals surface area contributed by atoms with Gasteiger partial charge in [-0.25, -0.2) is 15.0 Å². The number of furan rings is 2. The minimum atomic E-state index is 0.469. The predicted octanol–water partition coefficient (Wildman–Crippen LogP) is 9.19. The molecule has 0 unspecified atom stereocenters. The lowest BCUT2D eigenvalue weighted by atomic mass is 10.0. The number of rotatable bonds is 4. The van der Waals surface area contributed by atoms with Crippen LogP contribution in [0.1, 0.15) is 0 Å². The summed E-state index contributed by atoms with van der Waals surface area (Å²) in [6.07, 6.45) is 0. The van der Waals surface area contributed by atoms with Gasteiger partial charge in [0.25, 0.3) is 0 Å². The van der Waals surface area contributed by atoms with Crippen LogP contribution in [0.4, 0.5) is 0 Å². The third-order valence-corrected chi connectivity index (χ3v) is 7.18. The molecule has 3 aromatic heterocycles. The number of nitrogens with zero attached hydrogens (tertiary/aromatic N) is 3. The molecule has 0 aliphatic heterocycles. The molecule has 8 rings (SSSR count). The first-order valence-electron chi connectivity index (χ1n) is 13.1. The SMILES string of the molecule is c1ccc(-c2ccc(-c3nc(-c4cc5ccccc5o4)nc(-c4cccc5c4oc4ccccc45)n3)cc2)cc1. The van der Waals surface area contributed by atoms with E-state index in [4.69, 9.17) is 23.8 Å². The van der Waals surface area contributed by atoms with E-state index in [0.29, 0.717) is 23.2 Å². The summed E-state index contributed by atoms with van der Waals surface area (Å²) in [6, 6.07) is 42.6. The van der Waals surface area contributed by atoms with Crippen LogP contribution >= 0.6 is 0 Å². The van der Waals surface area contributed by atoms with Gasteiger partial charge >= 0.3 is 0 Å². The quantitative estimate of drug-likeness (QED) is 0.234. The monoisotopic (exact) mass is 515 g/mol. The summed E-state index contributed by atoms with van der Waals surface area (Å²) in [5.74, 6) is 2.14. The van der Waals surface area contributed by atoms with Crippen molar-refractivity contribution < 1.29 is 8.83 Å². The highest BCUT2D eigenvalue weighted by molar-refractivity contribution is 6.09. The molecule has 0 N–H and O–H groups in total. The number of benzene rings is 5. The van der Waals surface area contributed by atoms with Gasteiger partial charge in [0.2, 0.25) is 0 Å². The second-order valence-electron chi connectivity index (χ2n) is 9.68. The highest BCUT2D eigenvalue weighted by Crippen LogP contribution is 2.36. The zero-order valence-electron chi connectivity index (χ0n) is 21.3. The fraction of sp³-hybridized carbons (Fsp3) is 0. The van der Waals surface area contributed by atoms with E-state index in [-0.39, 0.29) is 0 Å². The van der Waals surface area contributed by atoms with Gasteiger partial charge in [0.05, 0.1) is 5.56 Å². The van der Waals surface area contributed by atoms with Crippen LogP contribution in [0.3, 0.4) is 0 Å². The van der Waals surface area contributed by atoms with Crippen molar-refractivity contribution in [2.75, 3.05) is 0 Å². The normalized spacial score (nSPS) is 11.5. The zero-order chi connectivity index (χ0) is 26.5. The Bertz CT molecular complexity index is 2130. The molecule has 5 nitrogen and oxygen atoms in total. The number of hydrogen-bond donors (Lipinski definition) is 0. The van der Waals surface area contributed by atoms with Gasteiger partial charge in [0.1, 0.15) is 16.7 Å². The second-order valence-corrected chi connectivity index (χ2v) is 9.68. The van der Waals surface area contributed by atoms with Gasteiger partial charge in [0, 0.05) is 21.7 Å². The van der Waals surface area contributed by atoms with E-state index >= 15 is 0 Å². The van der Waals surface area contributed by atoms with Crippen molar-refractivity contribution in [3.63, 3.8) is 0 Å². The third kappa shape index (κ3) is 3.76. The molecule has 8 aromatic rings. The number of para-hydroxylation sites is 3. The Hall–Kier alpha value is -5.55. The second kappa shape index (κ2) is 9.03. The van der Waals surface area contributed by atoms with Crippen LogP contribution in [0.15, 0.2) is 136 Å². The molecule has 0 spiro atoms. The first-order valence-corrected chi connectivity index (χ1v) is 13.1. The summed E-state index contributed by atoms with van der Waals surface area (Å²) in [6.45, 7) is 0. The number of hydrogen-bond acceptors (Lipinski definition) is 5. The van der Waals surface area contributed by atoms with E-state index in [1.165, 1.54) is 0 Å². The topological polar surface area (TPSA) is 65.0 Å². The van der Waals surface area contributed by atoms with Crippen molar-refractivity contribution in [1.29, 1.82) is 0 Å². The molecule has 0 fully saturated rings. The van der Waals surface area contributed by atoms with Crippen molar-refractivity contribution >= 4 is 32.9 Å². The van der Waals surface area contributed by atoms with Gasteiger partial charge in [0.15, 0.2) is 23.2 Å². The first kappa shape index (κ1) is 22.4. The fourth-order valence-electron chi connectivity index (χ4n) is 5.19. The van der Waals surface area contributed by atoms with Crippen LogP contribution in [-0.2, 0) is 0 Å². The minimum absolute atomic E-state index is 0.469. The van der Waals surface area contributed by atoms with Gasteiger partial charge in [-0.05, 0) is 35.4 Å². The maximum absolute atomic E-state index is 6.32. The van der Waals surface area contributed by atoms with Gasteiger partial charge in [-0.3, -0.25) is 0 Å². The average Bonchev–Trinajstić information content (AvgIpc) is 3.63. The van der Waals surface area contributed by atoms with Crippen LogP contribution in [0.25, 0.3) is 78.4 Å². The lowest BCUT2D eigenvalue weighted by Gasteiger charge is -2.08. The van der Waals surface area contributed by atoms with E-state index in [1.54, 1.807) is 0 Å². The molecule has 0 atom stereocenters. The van der Waals surface area contributed by atoms with E-state index in [2.05, 4.69) is 36.4 Å². The molecule has 188 valence electrons. The third-order valence-electron chi connectivity index (χ3n) is 7.18. The lowest BCUT2D eigenvalue weighted by Crippen LogP contribution is -2.00. The summed E-state index contributed by atoms with van der Waals surface area (Å²) in [4.78, 5) is 14.7. The van der Waals surface area contributed by atoms with E-state index in [1.807, 2.05) is 91.0 Å². The fourth-order valence-corrected chi connectivity index (χ4v) is 5.19. The maximum atomic E-state index is 6.32. The molecule has 0 aliphatic carbocycles. The Morgan fingerprint density at radius 1 is 0.425 bits per heavy atom. The highest BCUT2D eigenvalue weighted by Gasteiger charge is 2.19. The lowest BCUT2D eigenvalue weighted by molar-refractivity contribution is 0.624. The van der Waals surface area contributed by atoms with Crippen molar-refractivity contribution in [2.24, 2.45) is 0 Å². The Morgan fingerprint density at radius 2 is 1.07 bits per heavy atom. The minimum Gasteiger partial charge on any atom is -0.455 e. The van der Waals surface area contributed by atoms with Crippen molar-refractivity contribution in [3.05, 3.63) is 127 Å². The number of fused-ring (bicyclic) bond motifs is 4. The summed E-state index contributed by atoms with van der Waals surface area (Å²) >= 11 is 0. The van der Waals surface area contributed by atoms with Crippen molar-refractivity contribution in [3.8, 4) is 45.5 Å². The van der Waals surface area contributed by atoms with Gasteiger partial charge in [-0.2, -0.15) is 0 Å². The summed E-state index contributed by atoms with van der Waals surface area (Å²) in [7, 11) is 0. The highest BCUT2D eigenvalue weighted by atomic mass is 16.3. The number of aromatic nitrogens is 3. The molecule has 5 heteroatoms. The average molecular weight is 516 g/mol. The van der Waals surface area contributed by atoms with Crippen LogP contribution < -0.4 is 0 Å². The molecule has 0 amide bonds. The van der Waals surface area contributed by atoms with Crippen molar-refractivity contribution in [1.82, 2.24) is 15.0 Å². The molecule has 0 saturated heterocycles. The molecule has 5 aromatic carbocycles. The molecule has 3 heterocycles. The first-order chi connectivity index (χ1) is 19.8. The smallest absolute Gasteiger partial charge is 0.199 e. The summed E-state index contributed by atoms with van der Waals surface area (Å²) in [5.41, 5.74) is 6.33. The molecular formula is C35H21N3O2. The zero-order valence-corrected chi connectivity index (χ0v) is 21.3. The summed E-state index contributed by atoms with van der Waals surface area (Å²) in [5, 5.41) is 3.07. The van der Waals surface area contributed by atoms with E-state index in [9.17, 15) is 0 Å². The van der Waals surface area contributed by atoms with Crippen LogP contribution in [-0.4, -0.2) is 15.0 Å². The predicted molar refractivity (Wildman–Crippen MR) is 159 cm³/mol. The Labute approximate surface area is 229 Å². The molecular weight excluding hydrogens is 494 g/mol. The van der Waals surface area contributed by atoms with Gasteiger partial charge in [-0.15, -0.1) is 0 Å². The summed E-state index contributed by atoms with van der Waals surface area (Å²) < 4.78 is 12.5. The van der Waals surface area contributed by atoms with Crippen LogP contribution in [0.2, 0.25) is 0 Å². The molecule has 0 radical (unpaired) electrons. The molecule has 40 heavy (non-hydrogen) atoms. The van der Waals surface area contributed by atoms with E-state index < -0.39 is 0 Å². The Balaban J connectivity index is 1.33. The van der Waals surface area contributed by atoms with Crippen LogP contribution in [0.5, 0.6) is 0 Å². The Morgan fingerprint density at radius 3 is 1.93 bits per heavy atom. The molecule has 0 saturated carbocycles. The van der Waals surface area contributed by atoms with Gasteiger partial charge in [-0.1, -0.05) is 103 Å². The van der Waals surface area contributed by atoms with E-state index in [0.717, 1.165) is 55.2 Å². The van der Waals surface area contributed by atoms with Crippen molar-refractivity contribution in [2.45, 2.75) is 0 Å². The largest absolute Gasteiger partial charge is 0.455 e. The molecule has 0 bridgehead atoms. The Kier molecular flexibility index (Phi) is 5.07. The van der Waals surface area contributed by atoms with Gasteiger partial charge < -0.3 is 8.83 Å². The standard InChI is InChI=1S/C35H21N3O2/c1-2-9-22(10-3-1)23-17-19-24(20-18-23)33-36-34(38-35(37-33)31-21-25-11-4-6-15-29(25)39-31)28-14-8-13-27-26-12-5-7-16-30(26)40-32(27)28/h1-21H. The van der Waals surface area contributed by atoms with Crippen LogP contribution in [0, 0.1) is 0 Å². The maximum Gasteiger partial charge on any atom is 0.199 e. The molecule has 0 aliphatic rings.